The number of likely N-dealkylation sites (N-methyl/N-ethyl adjacent to an activating group) is 1. The van der Waals surface area contributed by atoms with Gasteiger partial charge < -0.3 is 30.1 Å². The quantitative estimate of drug-likeness (QED) is 0.298. The number of carboxylic acids is 1. The second-order valence-electron chi connectivity index (χ2n) is 9.71. The van der Waals surface area contributed by atoms with Crippen molar-refractivity contribution in [1.29, 1.82) is 0 Å². The first-order valence-electron chi connectivity index (χ1n) is 12.8. The SMILES string of the molecule is CCCCCCNC(=S)N[C@@H]1CC[C@@]2(c3ccc(OC)c(OC)c3)CCN(C)[C@H]2C1.O=C(O)C(F)(F)F. The van der Waals surface area contributed by atoms with E-state index in [1.807, 2.05) is 0 Å². The summed E-state index contributed by atoms with van der Waals surface area (Å²) in [6.45, 7) is 4.34. The molecule has 1 saturated carbocycles. The molecule has 1 aromatic rings. The summed E-state index contributed by atoms with van der Waals surface area (Å²) in [5.74, 6) is -1.13. The minimum Gasteiger partial charge on any atom is -0.493 e. The number of halogens is 3. The van der Waals surface area contributed by atoms with Crippen molar-refractivity contribution in [3.8, 4) is 11.5 Å². The smallest absolute Gasteiger partial charge is 0.490 e. The average molecular weight is 548 g/mol. The topological polar surface area (TPSA) is 83.1 Å². The maximum atomic E-state index is 10.6. The van der Waals surface area contributed by atoms with Crippen LogP contribution in [0, 0.1) is 0 Å². The van der Waals surface area contributed by atoms with E-state index < -0.39 is 12.1 Å². The minimum absolute atomic E-state index is 0.182. The molecule has 3 atom stereocenters. The first kappa shape index (κ1) is 31.0. The number of nitrogens with zero attached hydrogens (tertiary/aromatic N) is 1. The second-order valence-corrected chi connectivity index (χ2v) is 10.1. The van der Waals surface area contributed by atoms with Crippen molar-refractivity contribution in [2.75, 3.05) is 34.4 Å². The lowest BCUT2D eigenvalue weighted by Crippen LogP contribution is -2.53. The lowest BCUT2D eigenvalue weighted by atomic mass is 9.65. The van der Waals surface area contributed by atoms with Gasteiger partial charge in [0, 0.05) is 24.0 Å². The Morgan fingerprint density at radius 2 is 1.86 bits per heavy atom. The van der Waals surface area contributed by atoms with Gasteiger partial charge in [-0.3, -0.25) is 0 Å². The second kappa shape index (κ2) is 14.0. The normalized spacial score (nSPS) is 23.3. The molecular formula is C26H40F3N3O4S. The number of aliphatic carboxylic acids is 1. The average Bonchev–Trinajstić information content (AvgIpc) is 3.20. The molecule has 1 heterocycles. The maximum absolute atomic E-state index is 10.6. The van der Waals surface area contributed by atoms with Crippen LogP contribution < -0.4 is 20.1 Å². The number of alkyl halides is 3. The summed E-state index contributed by atoms with van der Waals surface area (Å²) in [5.41, 5.74) is 1.56. The first-order chi connectivity index (χ1) is 17.5. The van der Waals surface area contributed by atoms with Gasteiger partial charge in [-0.2, -0.15) is 13.2 Å². The zero-order valence-electron chi connectivity index (χ0n) is 22.1. The molecule has 0 bridgehead atoms. The third-order valence-electron chi connectivity index (χ3n) is 7.38. The van der Waals surface area contributed by atoms with Crippen LogP contribution in [-0.2, 0) is 10.2 Å². The van der Waals surface area contributed by atoms with E-state index in [4.69, 9.17) is 31.6 Å². The molecule has 1 aliphatic carbocycles. The monoisotopic (exact) mass is 547 g/mol. The van der Waals surface area contributed by atoms with Crippen LogP contribution in [0.5, 0.6) is 11.5 Å². The van der Waals surface area contributed by atoms with Crippen LogP contribution in [0.4, 0.5) is 13.2 Å². The predicted molar refractivity (Wildman–Crippen MR) is 141 cm³/mol. The molecule has 0 unspecified atom stereocenters. The predicted octanol–water partition coefficient (Wildman–Crippen LogP) is 4.88. The molecule has 0 radical (unpaired) electrons. The van der Waals surface area contributed by atoms with Crippen molar-refractivity contribution < 1.29 is 32.5 Å². The molecular weight excluding hydrogens is 507 g/mol. The molecule has 2 fully saturated rings. The molecule has 1 aliphatic heterocycles. The lowest BCUT2D eigenvalue weighted by molar-refractivity contribution is -0.192. The van der Waals surface area contributed by atoms with E-state index in [1.54, 1.807) is 14.2 Å². The number of ether oxygens (including phenoxy) is 2. The molecule has 2 aliphatic rings. The molecule has 3 N–H and O–H groups in total. The molecule has 1 aromatic carbocycles. The van der Waals surface area contributed by atoms with Gasteiger partial charge >= 0.3 is 12.1 Å². The van der Waals surface area contributed by atoms with Gasteiger partial charge in [-0.05, 0) is 75.6 Å². The van der Waals surface area contributed by atoms with Gasteiger partial charge in [0.1, 0.15) is 0 Å². The van der Waals surface area contributed by atoms with Gasteiger partial charge in [0.25, 0.3) is 0 Å². The fourth-order valence-corrected chi connectivity index (χ4v) is 5.65. The number of carbonyl (C=O) groups is 1. The maximum Gasteiger partial charge on any atom is 0.490 e. The largest absolute Gasteiger partial charge is 0.493 e. The van der Waals surface area contributed by atoms with Gasteiger partial charge in [-0.15, -0.1) is 0 Å². The van der Waals surface area contributed by atoms with Crippen LogP contribution >= 0.6 is 12.2 Å². The van der Waals surface area contributed by atoms with E-state index in [9.17, 15) is 13.2 Å². The van der Waals surface area contributed by atoms with Crippen molar-refractivity contribution in [2.45, 2.75) is 82.0 Å². The van der Waals surface area contributed by atoms with Crippen molar-refractivity contribution in [2.24, 2.45) is 0 Å². The van der Waals surface area contributed by atoms with E-state index in [2.05, 4.69) is 47.7 Å². The van der Waals surface area contributed by atoms with Crippen molar-refractivity contribution in [3.63, 3.8) is 0 Å². The number of thiocarbonyl (C=S) groups is 1. The first-order valence-corrected chi connectivity index (χ1v) is 13.2. The number of benzene rings is 1. The third-order valence-corrected chi connectivity index (χ3v) is 7.64. The molecule has 3 rings (SSSR count). The summed E-state index contributed by atoms with van der Waals surface area (Å²) in [7, 11) is 5.67. The summed E-state index contributed by atoms with van der Waals surface area (Å²) in [5, 5.41) is 14.9. The number of hydrogen-bond donors (Lipinski definition) is 3. The van der Waals surface area contributed by atoms with Crippen LogP contribution in [0.15, 0.2) is 18.2 Å². The number of carboxylic acid groups (broad SMARTS) is 1. The molecule has 7 nitrogen and oxygen atoms in total. The standard InChI is InChI=1S/C24H39N3O2S.C2HF3O2/c1-5-6-7-8-14-25-23(30)26-19-11-12-24(13-15-27(2)22(24)17-19)18-9-10-20(28-3)21(16-18)29-4;3-2(4,5)1(6)7/h9-10,16,19,22H,5-8,11-15,17H2,1-4H3,(H2,25,26,30);(H,6,7)/t19-,22+,24+;/m1./s1. The van der Waals surface area contributed by atoms with Crippen LogP contribution in [0.1, 0.15) is 63.9 Å². The number of rotatable bonds is 9. The van der Waals surface area contributed by atoms with Crippen LogP contribution in [0.25, 0.3) is 0 Å². The summed E-state index contributed by atoms with van der Waals surface area (Å²) < 4.78 is 42.8. The van der Waals surface area contributed by atoms with Gasteiger partial charge in [-0.25, -0.2) is 4.79 Å². The Morgan fingerprint density at radius 1 is 1.19 bits per heavy atom. The summed E-state index contributed by atoms with van der Waals surface area (Å²) in [4.78, 5) is 11.4. The Bertz CT molecular complexity index is 902. The molecule has 0 spiro atoms. The molecule has 0 aromatic heterocycles. The molecule has 0 amide bonds. The molecule has 1 saturated heterocycles. The molecule has 37 heavy (non-hydrogen) atoms. The van der Waals surface area contributed by atoms with Crippen LogP contribution in [0.2, 0.25) is 0 Å². The van der Waals surface area contributed by atoms with Gasteiger partial charge in [0.2, 0.25) is 0 Å². The Balaban J connectivity index is 0.000000604. The van der Waals surface area contributed by atoms with E-state index in [0.717, 1.165) is 49.0 Å². The highest BCUT2D eigenvalue weighted by atomic mass is 32.1. The fourth-order valence-electron chi connectivity index (χ4n) is 5.38. The molecule has 11 heteroatoms. The Hall–Kier alpha value is -2.27. The number of methoxy groups -OCH3 is 2. The third kappa shape index (κ3) is 8.36. The number of hydrogen-bond acceptors (Lipinski definition) is 5. The lowest BCUT2D eigenvalue weighted by Gasteiger charge is -2.45. The summed E-state index contributed by atoms with van der Waals surface area (Å²) >= 11 is 5.58. The highest BCUT2D eigenvalue weighted by molar-refractivity contribution is 7.80. The number of likely N-dealkylation sites (tertiary alicyclic amines) is 1. The highest BCUT2D eigenvalue weighted by Gasteiger charge is 2.50. The highest BCUT2D eigenvalue weighted by Crippen LogP contribution is 2.49. The Labute approximate surface area is 223 Å². The zero-order chi connectivity index (χ0) is 27.6. The van der Waals surface area contributed by atoms with Gasteiger partial charge in [0.05, 0.1) is 14.2 Å². The number of nitrogens with one attached hydrogen (secondary N) is 2. The van der Waals surface area contributed by atoms with E-state index in [-0.39, 0.29) is 5.41 Å². The van der Waals surface area contributed by atoms with E-state index >= 15 is 0 Å². The van der Waals surface area contributed by atoms with E-state index in [1.165, 1.54) is 37.7 Å². The molecule has 210 valence electrons. The van der Waals surface area contributed by atoms with Crippen molar-refractivity contribution in [3.05, 3.63) is 23.8 Å². The summed E-state index contributed by atoms with van der Waals surface area (Å²) in [6.07, 6.45) is 4.55. The van der Waals surface area contributed by atoms with Crippen molar-refractivity contribution >= 4 is 23.3 Å². The van der Waals surface area contributed by atoms with Gasteiger partial charge in [0.15, 0.2) is 16.6 Å². The van der Waals surface area contributed by atoms with Gasteiger partial charge in [-0.1, -0.05) is 32.3 Å². The van der Waals surface area contributed by atoms with Crippen LogP contribution in [0.3, 0.4) is 0 Å². The number of fused-ring (bicyclic) bond motifs is 1. The van der Waals surface area contributed by atoms with Crippen molar-refractivity contribution in [1.82, 2.24) is 15.5 Å². The van der Waals surface area contributed by atoms with Crippen LogP contribution in [-0.4, -0.2) is 73.7 Å². The fraction of sp³-hybridized carbons (Fsp3) is 0.692. The Morgan fingerprint density at radius 3 is 2.46 bits per heavy atom. The zero-order valence-corrected chi connectivity index (χ0v) is 22.9. The van der Waals surface area contributed by atoms with E-state index in [0.29, 0.717) is 12.1 Å². The Kier molecular flexibility index (Phi) is 11.7. The minimum atomic E-state index is -5.08. The number of unbranched alkanes of at least 4 members (excludes halogenated alkanes) is 3. The summed E-state index contributed by atoms with van der Waals surface area (Å²) in [6, 6.07) is 7.43.